The highest BCUT2D eigenvalue weighted by Crippen LogP contribution is 2.26. The molecule has 1 aromatic heterocycles. The lowest BCUT2D eigenvalue weighted by Gasteiger charge is -2.16. The molecule has 5 nitrogen and oxygen atoms in total. The summed E-state index contributed by atoms with van der Waals surface area (Å²) in [6, 6.07) is 5.14. The van der Waals surface area contributed by atoms with Crippen molar-refractivity contribution in [3.63, 3.8) is 0 Å². The number of esters is 1. The van der Waals surface area contributed by atoms with Crippen molar-refractivity contribution in [3.05, 3.63) is 22.7 Å². The molecular weight excluding hydrogens is 322 g/mol. The third-order valence-corrected chi connectivity index (χ3v) is 3.46. The number of hydrogen-bond donors (Lipinski definition) is 1. The molecule has 2 aromatic rings. The molecule has 2 rings (SSSR count). The summed E-state index contributed by atoms with van der Waals surface area (Å²) in [5.74, 6) is 0.314. The first kappa shape index (κ1) is 14.8. The van der Waals surface area contributed by atoms with Crippen molar-refractivity contribution in [2.75, 3.05) is 12.3 Å². The van der Waals surface area contributed by atoms with Crippen molar-refractivity contribution in [2.24, 2.45) is 5.92 Å². The van der Waals surface area contributed by atoms with E-state index in [-0.39, 0.29) is 5.97 Å². The zero-order valence-corrected chi connectivity index (χ0v) is 13.3. The molecule has 0 radical (unpaired) electrons. The van der Waals surface area contributed by atoms with Crippen LogP contribution in [-0.4, -0.2) is 22.1 Å². The lowest BCUT2D eigenvalue weighted by atomic mass is 10.2. The van der Waals surface area contributed by atoms with Crippen molar-refractivity contribution in [2.45, 2.75) is 26.8 Å². The number of hydrogen-bond acceptors (Lipinski definition) is 4. The summed E-state index contributed by atoms with van der Waals surface area (Å²) in [5, 5.41) is 0. The number of nitrogen functional groups attached to an aromatic ring is 1. The third kappa shape index (κ3) is 2.95. The van der Waals surface area contributed by atoms with Gasteiger partial charge in [0.1, 0.15) is 6.04 Å². The van der Waals surface area contributed by atoms with Crippen LogP contribution in [0.15, 0.2) is 22.7 Å². The van der Waals surface area contributed by atoms with Gasteiger partial charge >= 0.3 is 5.97 Å². The number of aromatic nitrogens is 2. The molecular formula is C14H18BrN3O2. The largest absolute Gasteiger partial charge is 0.464 e. The van der Waals surface area contributed by atoms with Gasteiger partial charge in [-0.3, -0.25) is 4.57 Å². The average molecular weight is 340 g/mol. The van der Waals surface area contributed by atoms with Gasteiger partial charge in [0.25, 0.3) is 0 Å². The highest BCUT2D eigenvalue weighted by Gasteiger charge is 2.22. The van der Waals surface area contributed by atoms with Gasteiger partial charge in [0.2, 0.25) is 5.95 Å². The first-order valence-corrected chi connectivity index (χ1v) is 7.29. The van der Waals surface area contributed by atoms with Gasteiger partial charge in [0, 0.05) is 4.47 Å². The van der Waals surface area contributed by atoms with Gasteiger partial charge in [0.15, 0.2) is 0 Å². The van der Waals surface area contributed by atoms with Gasteiger partial charge in [-0.2, -0.15) is 0 Å². The van der Waals surface area contributed by atoms with E-state index in [0.29, 0.717) is 18.5 Å². The van der Waals surface area contributed by atoms with Gasteiger partial charge in [-0.25, -0.2) is 9.78 Å². The maximum Gasteiger partial charge on any atom is 0.328 e. The Kier molecular flexibility index (Phi) is 4.32. The summed E-state index contributed by atoms with van der Waals surface area (Å²) in [6.07, 6.45) is 0. The number of anilines is 1. The fourth-order valence-corrected chi connectivity index (χ4v) is 2.32. The maximum atomic E-state index is 12.1. The normalized spacial score (nSPS) is 12.8. The SMILES string of the molecule is CC(C)COC(=O)C(C)n1c(N)nc2ccc(Br)cc21. The van der Waals surface area contributed by atoms with Crippen molar-refractivity contribution in [3.8, 4) is 0 Å². The van der Waals surface area contributed by atoms with E-state index in [0.717, 1.165) is 15.5 Å². The summed E-state index contributed by atoms with van der Waals surface area (Å²) >= 11 is 3.41. The number of nitrogens with two attached hydrogens (primary N) is 1. The molecule has 1 aromatic carbocycles. The number of benzene rings is 1. The van der Waals surface area contributed by atoms with Crippen LogP contribution in [0, 0.1) is 5.92 Å². The minimum Gasteiger partial charge on any atom is -0.464 e. The molecule has 1 unspecified atom stereocenters. The zero-order chi connectivity index (χ0) is 14.9. The molecule has 1 atom stereocenters. The van der Waals surface area contributed by atoms with Crippen LogP contribution >= 0.6 is 15.9 Å². The van der Waals surface area contributed by atoms with Gasteiger partial charge in [-0.05, 0) is 31.0 Å². The van der Waals surface area contributed by atoms with Crippen molar-refractivity contribution < 1.29 is 9.53 Å². The second-order valence-corrected chi connectivity index (χ2v) is 6.09. The molecule has 0 fully saturated rings. The van der Waals surface area contributed by atoms with Crippen LogP contribution in [0.2, 0.25) is 0 Å². The van der Waals surface area contributed by atoms with Crippen LogP contribution in [-0.2, 0) is 9.53 Å². The average Bonchev–Trinajstić information content (AvgIpc) is 2.70. The number of rotatable bonds is 4. The van der Waals surface area contributed by atoms with Gasteiger partial charge in [0.05, 0.1) is 17.6 Å². The number of fused-ring (bicyclic) bond motifs is 1. The Morgan fingerprint density at radius 1 is 1.45 bits per heavy atom. The summed E-state index contributed by atoms with van der Waals surface area (Å²) in [5.41, 5.74) is 7.50. The van der Waals surface area contributed by atoms with Crippen LogP contribution in [0.5, 0.6) is 0 Å². The molecule has 6 heteroatoms. The number of ether oxygens (including phenoxy) is 1. The third-order valence-electron chi connectivity index (χ3n) is 2.97. The Morgan fingerprint density at radius 2 is 2.15 bits per heavy atom. The molecule has 2 N–H and O–H groups in total. The quantitative estimate of drug-likeness (QED) is 0.868. The number of carbonyl (C=O) groups excluding carboxylic acids is 1. The predicted molar refractivity (Wildman–Crippen MR) is 82.4 cm³/mol. The Hall–Kier alpha value is -1.56. The van der Waals surface area contributed by atoms with Gasteiger partial charge in [-0.1, -0.05) is 29.8 Å². The Balaban J connectivity index is 2.34. The van der Waals surface area contributed by atoms with E-state index in [1.165, 1.54) is 0 Å². The first-order valence-electron chi connectivity index (χ1n) is 6.49. The molecule has 0 amide bonds. The summed E-state index contributed by atoms with van der Waals surface area (Å²) in [4.78, 5) is 16.4. The molecule has 0 bridgehead atoms. The van der Waals surface area contributed by atoms with E-state index in [4.69, 9.17) is 10.5 Å². The standard InChI is InChI=1S/C14H18BrN3O2/c1-8(2)7-20-13(19)9(3)18-12-6-10(15)4-5-11(12)17-14(18)16/h4-6,8-9H,7H2,1-3H3,(H2,16,17). The van der Waals surface area contributed by atoms with Crippen molar-refractivity contribution in [1.29, 1.82) is 0 Å². The summed E-state index contributed by atoms with van der Waals surface area (Å²) < 4.78 is 7.88. The minimum absolute atomic E-state index is 0.301. The maximum absolute atomic E-state index is 12.1. The Labute approximate surface area is 126 Å². The highest BCUT2D eigenvalue weighted by atomic mass is 79.9. The van der Waals surface area contributed by atoms with Crippen LogP contribution in [0.1, 0.15) is 26.8 Å². The van der Waals surface area contributed by atoms with Crippen LogP contribution in [0.25, 0.3) is 11.0 Å². The number of imidazole rings is 1. The van der Waals surface area contributed by atoms with Crippen LogP contribution in [0.3, 0.4) is 0 Å². The molecule has 0 saturated heterocycles. The van der Waals surface area contributed by atoms with Crippen LogP contribution in [0.4, 0.5) is 5.95 Å². The van der Waals surface area contributed by atoms with E-state index < -0.39 is 6.04 Å². The molecule has 20 heavy (non-hydrogen) atoms. The Bertz CT molecular complexity index is 637. The lowest BCUT2D eigenvalue weighted by molar-refractivity contribution is -0.148. The molecule has 108 valence electrons. The second-order valence-electron chi connectivity index (χ2n) is 5.17. The smallest absolute Gasteiger partial charge is 0.328 e. The molecule has 1 heterocycles. The van der Waals surface area contributed by atoms with E-state index in [1.807, 2.05) is 32.0 Å². The van der Waals surface area contributed by atoms with E-state index >= 15 is 0 Å². The zero-order valence-electron chi connectivity index (χ0n) is 11.8. The lowest BCUT2D eigenvalue weighted by Crippen LogP contribution is -2.22. The number of nitrogens with zero attached hydrogens (tertiary/aromatic N) is 2. The Morgan fingerprint density at radius 3 is 2.80 bits per heavy atom. The minimum atomic E-state index is -0.506. The van der Waals surface area contributed by atoms with E-state index in [1.54, 1.807) is 11.5 Å². The van der Waals surface area contributed by atoms with Gasteiger partial charge in [-0.15, -0.1) is 0 Å². The fraction of sp³-hybridized carbons (Fsp3) is 0.429. The van der Waals surface area contributed by atoms with E-state index in [2.05, 4.69) is 20.9 Å². The van der Waals surface area contributed by atoms with Gasteiger partial charge < -0.3 is 10.5 Å². The molecule has 0 aliphatic carbocycles. The van der Waals surface area contributed by atoms with Crippen molar-refractivity contribution >= 4 is 38.9 Å². The molecule has 0 saturated carbocycles. The summed E-state index contributed by atoms with van der Waals surface area (Å²) in [7, 11) is 0. The fourth-order valence-electron chi connectivity index (χ4n) is 1.97. The second kappa shape index (κ2) is 5.83. The first-order chi connectivity index (χ1) is 9.40. The number of carbonyl (C=O) groups is 1. The van der Waals surface area contributed by atoms with Crippen LogP contribution < -0.4 is 5.73 Å². The van der Waals surface area contributed by atoms with E-state index in [9.17, 15) is 4.79 Å². The highest BCUT2D eigenvalue weighted by molar-refractivity contribution is 9.10. The monoisotopic (exact) mass is 339 g/mol. The topological polar surface area (TPSA) is 70.1 Å². The summed E-state index contributed by atoms with van der Waals surface area (Å²) in [6.45, 7) is 6.16. The number of halogens is 1. The predicted octanol–water partition coefficient (Wildman–Crippen LogP) is 3.14. The van der Waals surface area contributed by atoms with Crippen molar-refractivity contribution in [1.82, 2.24) is 9.55 Å². The molecule has 0 aliphatic rings. The molecule has 0 aliphatic heterocycles. The molecule has 0 spiro atoms.